The SMILES string of the molecule is C[SiH2]CCC(OC(=O)CO)OC(=O)CO. The van der Waals surface area contributed by atoms with Crippen LogP contribution in [0.4, 0.5) is 0 Å². The van der Waals surface area contributed by atoms with E-state index >= 15 is 0 Å². The normalized spacial score (nSPS) is 10.9. The molecule has 0 saturated carbocycles. The van der Waals surface area contributed by atoms with E-state index in [-0.39, 0.29) is 9.52 Å². The lowest BCUT2D eigenvalue weighted by Crippen LogP contribution is -2.27. The van der Waals surface area contributed by atoms with Crippen LogP contribution in [0.3, 0.4) is 0 Å². The van der Waals surface area contributed by atoms with E-state index in [1.807, 2.05) is 0 Å². The fraction of sp³-hybridized carbons (Fsp3) is 0.750. The van der Waals surface area contributed by atoms with Crippen LogP contribution >= 0.6 is 0 Å². The van der Waals surface area contributed by atoms with Crippen molar-refractivity contribution in [2.75, 3.05) is 13.2 Å². The summed E-state index contributed by atoms with van der Waals surface area (Å²) in [5.41, 5.74) is 0. The molecule has 6 nitrogen and oxygen atoms in total. The zero-order chi connectivity index (χ0) is 11.7. The summed E-state index contributed by atoms with van der Waals surface area (Å²) in [6.45, 7) is 0.562. The maximum absolute atomic E-state index is 10.7. The molecule has 0 aromatic heterocycles. The third kappa shape index (κ3) is 7.06. The number of hydrogen-bond acceptors (Lipinski definition) is 6. The molecule has 0 aromatic carbocycles. The molecule has 0 aliphatic carbocycles. The van der Waals surface area contributed by atoms with Gasteiger partial charge >= 0.3 is 11.9 Å². The Morgan fingerprint density at radius 1 is 1.20 bits per heavy atom. The summed E-state index contributed by atoms with van der Waals surface area (Å²) in [4.78, 5) is 21.5. The predicted octanol–water partition coefficient (Wildman–Crippen LogP) is -1.59. The van der Waals surface area contributed by atoms with Gasteiger partial charge in [0, 0.05) is 15.9 Å². The van der Waals surface area contributed by atoms with Gasteiger partial charge in [-0.15, -0.1) is 0 Å². The zero-order valence-electron chi connectivity index (χ0n) is 8.64. The van der Waals surface area contributed by atoms with Gasteiger partial charge in [0.2, 0.25) is 6.29 Å². The zero-order valence-corrected chi connectivity index (χ0v) is 10.1. The summed E-state index contributed by atoms with van der Waals surface area (Å²) in [6.07, 6.45) is -0.572. The van der Waals surface area contributed by atoms with E-state index in [4.69, 9.17) is 10.2 Å². The van der Waals surface area contributed by atoms with Gasteiger partial charge in [0.15, 0.2) is 0 Å². The first-order valence-corrected chi connectivity index (χ1v) is 7.16. The summed E-state index contributed by atoms with van der Waals surface area (Å²) in [6, 6.07) is 0.849. The fourth-order valence-electron chi connectivity index (χ4n) is 0.880. The smallest absolute Gasteiger partial charge is 0.334 e. The van der Waals surface area contributed by atoms with Crippen molar-refractivity contribution in [3.63, 3.8) is 0 Å². The van der Waals surface area contributed by atoms with Crippen LogP contribution in [0.15, 0.2) is 0 Å². The lowest BCUT2D eigenvalue weighted by molar-refractivity contribution is -0.191. The number of hydrogen-bond donors (Lipinski definition) is 2. The first-order chi connectivity index (χ1) is 7.13. The minimum absolute atomic E-state index is 0.217. The van der Waals surface area contributed by atoms with Crippen LogP contribution in [-0.2, 0) is 19.1 Å². The van der Waals surface area contributed by atoms with Crippen LogP contribution in [0.5, 0.6) is 0 Å². The van der Waals surface area contributed by atoms with Gasteiger partial charge < -0.3 is 19.7 Å². The molecule has 15 heavy (non-hydrogen) atoms. The average Bonchev–Trinajstić information content (AvgIpc) is 2.25. The third-order valence-corrected chi connectivity index (χ3v) is 2.69. The number of carbonyl (C=O) groups is 2. The molecule has 0 bridgehead atoms. The van der Waals surface area contributed by atoms with E-state index in [9.17, 15) is 9.59 Å². The minimum Gasteiger partial charge on any atom is -0.423 e. The Morgan fingerprint density at radius 3 is 2.00 bits per heavy atom. The van der Waals surface area contributed by atoms with Gasteiger partial charge in [0.1, 0.15) is 13.2 Å². The fourth-order valence-corrected chi connectivity index (χ4v) is 1.62. The highest BCUT2D eigenvalue weighted by Gasteiger charge is 2.17. The molecule has 0 heterocycles. The van der Waals surface area contributed by atoms with Crippen LogP contribution in [0.25, 0.3) is 0 Å². The van der Waals surface area contributed by atoms with Gasteiger partial charge in [0.05, 0.1) is 0 Å². The molecule has 0 spiro atoms. The van der Waals surface area contributed by atoms with E-state index in [1.54, 1.807) is 0 Å². The second kappa shape index (κ2) is 8.39. The first kappa shape index (κ1) is 14.1. The van der Waals surface area contributed by atoms with E-state index in [1.165, 1.54) is 0 Å². The molecule has 0 radical (unpaired) electrons. The Hall–Kier alpha value is -0.923. The molecule has 2 N–H and O–H groups in total. The molecule has 0 aromatic rings. The summed E-state index contributed by atoms with van der Waals surface area (Å²) < 4.78 is 9.31. The molecular formula is C8H16O6Si. The first-order valence-electron chi connectivity index (χ1n) is 4.74. The second-order valence-electron chi connectivity index (χ2n) is 2.87. The maximum Gasteiger partial charge on any atom is 0.334 e. The lowest BCUT2D eigenvalue weighted by Gasteiger charge is -2.16. The van der Waals surface area contributed by atoms with E-state index < -0.39 is 31.4 Å². The molecule has 0 unspecified atom stereocenters. The molecule has 0 atom stereocenters. The molecule has 88 valence electrons. The van der Waals surface area contributed by atoms with Gasteiger partial charge in [-0.3, -0.25) is 0 Å². The molecular weight excluding hydrogens is 220 g/mol. The molecule has 0 aliphatic heterocycles. The monoisotopic (exact) mass is 236 g/mol. The Balaban J connectivity index is 4.05. The summed E-state index contributed by atoms with van der Waals surface area (Å²) in [7, 11) is -0.217. The topological polar surface area (TPSA) is 93.1 Å². The van der Waals surface area contributed by atoms with Gasteiger partial charge in [-0.1, -0.05) is 12.6 Å². The lowest BCUT2D eigenvalue weighted by atomic mass is 10.4. The number of aliphatic hydroxyl groups is 2. The van der Waals surface area contributed by atoms with Crippen molar-refractivity contribution in [1.82, 2.24) is 0 Å². The Morgan fingerprint density at radius 2 is 1.67 bits per heavy atom. The summed E-state index contributed by atoms with van der Waals surface area (Å²) in [5.74, 6) is -1.69. The minimum atomic E-state index is -0.989. The summed E-state index contributed by atoms with van der Waals surface area (Å²) in [5, 5.41) is 16.9. The van der Waals surface area contributed by atoms with Crippen molar-refractivity contribution in [2.45, 2.75) is 25.3 Å². The van der Waals surface area contributed by atoms with Gasteiger partial charge in [-0.25, -0.2) is 9.59 Å². The third-order valence-electron chi connectivity index (χ3n) is 1.58. The number of aliphatic hydroxyl groups excluding tert-OH is 2. The van der Waals surface area contributed by atoms with Crippen molar-refractivity contribution in [1.29, 1.82) is 0 Å². The maximum atomic E-state index is 10.7. The van der Waals surface area contributed by atoms with Gasteiger partial charge in [-0.2, -0.15) is 0 Å². The van der Waals surface area contributed by atoms with E-state index in [2.05, 4.69) is 16.0 Å². The standard InChI is InChI=1S/C8H16O6Si/c1-15-3-2-8(13-6(11)4-9)14-7(12)5-10/h8-10H,2-5,15H2,1H3. The molecule has 0 fully saturated rings. The highest BCUT2D eigenvalue weighted by Crippen LogP contribution is 2.05. The Bertz CT molecular complexity index is 189. The largest absolute Gasteiger partial charge is 0.423 e. The van der Waals surface area contributed by atoms with Crippen LogP contribution < -0.4 is 0 Å². The number of esters is 2. The predicted molar refractivity (Wildman–Crippen MR) is 54.0 cm³/mol. The number of ether oxygens (including phenoxy) is 2. The van der Waals surface area contributed by atoms with Gasteiger partial charge in [-0.05, 0) is 0 Å². The Kier molecular flexibility index (Phi) is 7.87. The summed E-state index contributed by atoms with van der Waals surface area (Å²) >= 11 is 0. The molecule has 0 saturated heterocycles. The van der Waals surface area contributed by atoms with Crippen molar-refractivity contribution in [3.05, 3.63) is 0 Å². The second-order valence-corrected chi connectivity index (χ2v) is 4.57. The van der Waals surface area contributed by atoms with Crippen molar-refractivity contribution < 1.29 is 29.3 Å². The average molecular weight is 236 g/mol. The van der Waals surface area contributed by atoms with E-state index in [0.717, 1.165) is 6.04 Å². The van der Waals surface area contributed by atoms with E-state index in [0.29, 0.717) is 6.42 Å². The Labute approximate surface area is 90.0 Å². The van der Waals surface area contributed by atoms with Crippen molar-refractivity contribution >= 4 is 21.5 Å². The van der Waals surface area contributed by atoms with Crippen LogP contribution in [0, 0.1) is 0 Å². The van der Waals surface area contributed by atoms with Crippen LogP contribution in [0.1, 0.15) is 6.42 Å². The molecule has 0 aliphatic rings. The van der Waals surface area contributed by atoms with Crippen molar-refractivity contribution in [2.24, 2.45) is 0 Å². The van der Waals surface area contributed by atoms with Crippen molar-refractivity contribution in [3.8, 4) is 0 Å². The van der Waals surface area contributed by atoms with Crippen LogP contribution in [-0.4, -0.2) is 51.2 Å². The van der Waals surface area contributed by atoms with Crippen LogP contribution in [0.2, 0.25) is 12.6 Å². The quantitative estimate of drug-likeness (QED) is 0.314. The molecule has 7 heteroatoms. The highest BCUT2D eigenvalue weighted by molar-refractivity contribution is 6.33. The number of rotatable bonds is 7. The number of carbonyl (C=O) groups excluding carboxylic acids is 2. The molecule has 0 amide bonds. The van der Waals surface area contributed by atoms with Gasteiger partial charge in [0.25, 0.3) is 0 Å². The highest BCUT2D eigenvalue weighted by atomic mass is 28.2. The molecule has 0 rings (SSSR count).